The lowest BCUT2D eigenvalue weighted by Gasteiger charge is -2.04. The molecule has 2 unspecified atom stereocenters. The summed E-state index contributed by atoms with van der Waals surface area (Å²) in [6.45, 7) is 0. The minimum Gasteiger partial charge on any atom is -0.386 e. The van der Waals surface area contributed by atoms with Crippen molar-refractivity contribution in [1.82, 2.24) is 0 Å². The SMILES string of the molecule is O=C1OP(=O)(C=C=C2CC2)OC1c1ccccc1. The molecule has 1 aliphatic carbocycles. The molecule has 0 aromatic heterocycles. The number of hydrogen-bond acceptors (Lipinski definition) is 4. The molecule has 3 rings (SSSR count). The van der Waals surface area contributed by atoms with Crippen LogP contribution in [0.3, 0.4) is 0 Å². The van der Waals surface area contributed by atoms with Crippen LogP contribution in [0.2, 0.25) is 0 Å². The van der Waals surface area contributed by atoms with E-state index in [1.165, 1.54) is 5.82 Å². The quantitative estimate of drug-likeness (QED) is 0.606. The van der Waals surface area contributed by atoms with Crippen molar-refractivity contribution < 1.29 is 18.4 Å². The Morgan fingerprint density at radius 3 is 2.67 bits per heavy atom. The van der Waals surface area contributed by atoms with Gasteiger partial charge < -0.3 is 4.52 Å². The number of carbonyl (C=O) groups excluding carboxylic acids is 1. The summed E-state index contributed by atoms with van der Waals surface area (Å²) in [5, 5.41) is 0. The Hall–Kier alpha value is -1.60. The summed E-state index contributed by atoms with van der Waals surface area (Å²) in [6, 6.07) is 8.89. The van der Waals surface area contributed by atoms with Crippen molar-refractivity contribution in [3.8, 4) is 0 Å². The third kappa shape index (κ3) is 2.32. The third-order valence-electron chi connectivity index (χ3n) is 2.71. The summed E-state index contributed by atoms with van der Waals surface area (Å²) in [5.41, 5.74) is 4.58. The monoisotopic (exact) mass is 262 g/mol. The van der Waals surface area contributed by atoms with E-state index in [9.17, 15) is 9.36 Å². The Bertz CT molecular complexity index is 593. The van der Waals surface area contributed by atoms with E-state index in [-0.39, 0.29) is 0 Å². The highest BCUT2D eigenvalue weighted by Crippen LogP contribution is 2.59. The van der Waals surface area contributed by atoms with Gasteiger partial charge in [0.1, 0.15) is 0 Å². The zero-order valence-electron chi connectivity index (χ0n) is 9.54. The molecule has 1 saturated carbocycles. The van der Waals surface area contributed by atoms with Gasteiger partial charge in [0.25, 0.3) is 0 Å². The van der Waals surface area contributed by atoms with E-state index in [2.05, 4.69) is 5.73 Å². The highest BCUT2D eigenvalue weighted by atomic mass is 31.2. The van der Waals surface area contributed by atoms with E-state index in [1.807, 2.05) is 6.07 Å². The molecule has 1 aliphatic heterocycles. The fourth-order valence-corrected chi connectivity index (χ4v) is 2.99. The van der Waals surface area contributed by atoms with Gasteiger partial charge in [0.15, 0.2) is 6.10 Å². The first-order valence-electron chi connectivity index (χ1n) is 5.68. The Labute approximate surface area is 104 Å². The third-order valence-corrected chi connectivity index (χ3v) is 4.10. The fourth-order valence-electron chi connectivity index (χ4n) is 1.64. The molecule has 5 heteroatoms. The van der Waals surface area contributed by atoms with Crippen LogP contribution in [0, 0.1) is 0 Å². The second-order valence-electron chi connectivity index (χ2n) is 4.22. The van der Waals surface area contributed by atoms with Crippen molar-refractivity contribution in [2.45, 2.75) is 18.9 Å². The van der Waals surface area contributed by atoms with Gasteiger partial charge in [-0.2, -0.15) is 0 Å². The number of carbonyl (C=O) groups is 1. The molecule has 1 aromatic rings. The second-order valence-corrected chi connectivity index (χ2v) is 5.95. The maximum atomic E-state index is 12.1. The molecule has 1 saturated heterocycles. The van der Waals surface area contributed by atoms with Gasteiger partial charge in [-0.3, -0.25) is 4.52 Å². The van der Waals surface area contributed by atoms with Gasteiger partial charge in [0.05, 0.1) is 5.82 Å². The standard InChI is InChI=1S/C13H11O4P/c14-13-12(11-4-2-1-3-5-11)16-18(15,17-13)9-8-10-6-7-10/h1-5,9,12H,6-7H2. The minimum atomic E-state index is -3.47. The Morgan fingerprint density at radius 2 is 2.00 bits per heavy atom. The molecule has 0 spiro atoms. The maximum Gasteiger partial charge on any atom is 0.414 e. The predicted molar refractivity (Wildman–Crippen MR) is 64.8 cm³/mol. The first-order chi connectivity index (χ1) is 8.66. The highest BCUT2D eigenvalue weighted by Gasteiger charge is 2.43. The van der Waals surface area contributed by atoms with Crippen LogP contribution in [0.4, 0.5) is 0 Å². The zero-order chi connectivity index (χ0) is 12.6. The van der Waals surface area contributed by atoms with Crippen LogP contribution in [0.25, 0.3) is 0 Å². The molecule has 92 valence electrons. The number of benzene rings is 1. The molecule has 0 radical (unpaired) electrons. The van der Waals surface area contributed by atoms with E-state index in [1.54, 1.807) is 24.3 Å². The summed E-state index contributed by atoms with van der Waals surface area (Å²) < 4.78 is 22.3. The number of rotatable bonds is 2. The molecular weight excluding hydrogens is 251 g/mol. The topological polar surface area (TPSA) is 52.6 Å². The first kappa shape index (κ1) is 11.5. The Kier molecular flexibility index (Phi) is 2.71. The summed E-state index contributed by atoms with van der Waals surface area (Å²) >= 11 is 0. The average Bonchev–Trinajstić information content (AvgIpc) is 3.14. The largest absolute Gasteiger partial charge is 0.414 e. The molecule has 2 aliphatic rings. The van der Waals surface area contributed by atoms with Crippen molar-refractivity contribution in [2.24, 2.45) is 0 Å². The lowest BCUT2D eigenvalue weighted by molar-refractivity contribution is -0.136. The molecule has 0 bridgehead atoms. The Morgan fingerprint density at radius 1 is 1.28 bits per heavy atom. The zero-order valence-corrected chi connectivity index (χ0v) is 10.4. The van der Waals surface area contributed by atoms with Crippen molar-refractivity contribution in [3.63, 3.8) is 0 Å². The first-order valence-corrected chi connectivity index (χ1v) is 7.30. The van der Waals surface area contributed by atoms with E-state index < -0.39 is 19.7 Å². The summed E-state index contributed by atoms with van der Waals surface area (Å²) in [5.74, 6) is 0.652. The van der Waals surface area contributed by atoms with Gasteiger partial charge in [-0.15, -0.1) is 5.73 Å². The highest BCUT2D eigenvalue weighted by molar-refractivity contribution is 7.58. The number of hydrogen-bond donors (Lipinski definition) is 0. The smallest absolute Gasteiger partial charge is 0.386 e. The maximum absolute atomic E-state index is 12.1. The molecule has 1 heterocycles. The average molecular weight is 262 g/mol. The molecule has 0 amide bonds. The lowest BCUT2D eigenvalue weighted by Crippen LogP contribution is -2.06. The molecule has 1 aromatic carbocycles. The number of allylic oxidation sites excluding steroid dienone is 1. The predicted octanol–water partition coefficient (Wildman–Crippen LogP) is 3.33. The molecular formula is C13H11O4P. The summed E-state index contributed by atoms with van der Waals surface area (Å²) in [6.07, 6.45) is 1.03. The van der Waals surface area contributed by atoms with Gasteiger partial charge in [0, 0.05) is 0 Å². The summed E-state index contributed by atoms with van der Waals surface area (Å²) in [7, 11) is -3.47. The van der Waals surface area contributed by atoms with Crippen LogP contribution in [-0.4, -0.2) is 5.97 Å². The van der Waals surface area contributed by atoms with E-state index in [0.717, 1.165) is 18.4 Å². The van der Waals surface area contributed by atoms with Gasteiger partial charge in [-0.05, 0) is 24.0 Å². The van der Waals surface area contributed by atoms with Gasteiger partial charge >= 0.3 is 13.6 Å². The molecule has 18 heavy (non-hydrogen) atoms. The molecule has 0 N–H and O–H groups in total. The van der Waals surface area contributed by atoms with E-state index >= 15 is 0 Å². The van der Waals surface area contributed by atoms with Crippen LogP contribution >= 0.6 is 7.60 Å². The van der Waals surface area contributed by atoms with Crippen LogP contribution in [0.5, 0.6) is 0 Å². The van der Waals surface area contributed by atoms with Crippen LogP contribution in [-0.2, 0) is 18.4 Å². The van der Waals surface area contributed by atoms with Crippen LogP contribution < -0.4 is 0 Å². The molecule has 2 atom stereocenters. The van der Waals surface area contributed by atoms with Crippen LogP contribution in [0.1, 0.15) is 24.5 Å². The van der Waals surface area contributed by atoms with Crippen LogP contribution in [0.15, 0.2) is 47.5 Å². The normalized spacial score (nSPS) is 29.7. The minimum absolute atomic E-state index is 0.608. The fraction of sp³-hybridized carbons (Fsp3) is 0.231. The second kappa shape index (κ2) is 4.25. The molecule has 4 nitrogen and oxygen atoms in total. The van der Waals surface area contributed by atoms with Gasteiger partial charge in [0.2, 0.25) is 0 Å². The van der Waals surface area contributed by atoms with E-state index in [4.69, 9.17) is 9.05 Å². The van der Waals surface area contributed by atoms with Crippen molar-refractivity contribution >= 4 is 13.6 Å². The van der Waals surface area contributed by atoms with Crippen molar-refractivity contribution in [3.05, 3.63) is 53.0 Å². The lowest BCUT2D eigenvalue weighted by atomic mass is 10.1. The molecule has 2 fully saturated rings. The van der Waals surface area contributed by atoms with Crippen molar-refractivity contribution in [1.29, 1.82) is 0 Å². The summed E-state index contributed by atoms with van der Waals surface area (Å²) in [4.78, 5) is 11.7. The Balaban J connectivity index is 1.86. The van der Waals surface area contributed by atoms with E-state index in [0.29, 0.717) is 5.56 Å². The van der Waals surface area contributed by atoms with Gasteiger partial charge in [-0.25, -0.2) is 9.36 Å². The van der Waals surface area contributed by atoms with Gasteiger partial charge in [-0.1, -0.05) is 30.3 Å². The van der Waals surface area contributed by atoms with Crippen molar-refractivity contribution in [2.75, 3.05) is 0 Å².